The Morgan fingerprint density at radius 2 is 1.85 bits per heavy atom. The summed E-state index contributed by atoms with van der Waals surface area (Å²) >= 11 is 0. The fourth-order valence-electron chi connectivity index (χ4n) is 10.1. The van der Waals surface area contributed by atoms with Gasteiger partial charge in [0.1, 0.15) is 41.2 Å². The maximum Gasteiger partial charge on any atom is 0.410 e. The van der Waals surface area contributed by atoms with Gasteiger partial charge in [-0.05, 0) is 83.2 Å². The van der Waals surface area contributed by atoms with Gasteiger partial charge in [-0.15, -0.1) is 6.42 Å². The molecule has 5 aliphatic rings. The van der Waals surface area contributed by atoms with E-state index in [1.165, 1.54) is 6.07 Å². The summed E-state index contributed by atoms with van der Waals surface area (Å²) in [4.78, 5) is 34.8. The molecule has 12 heteroatoms. The van der Waals surface area contributed by atoms with Crippen LogP contribution < -0.4 is 9.64 Å². The number of rotatable bonds is 4. The number of aromatic nitrogens is 3. The summed E-state index contributed by atoms with van der Waals surface area (Å²) in [6.07, 6.45) is 9.73. The van der Waals surface area contributed by atoms with Crippen LogP contribution in [0.4, 0.5) is 23.8 Å². The molecule has 1 amide bonds. The van der Waals surface area contributed by atoms with Crippen molar-refractivity contribution in [2.75, 3.05) is 31.1 Å². The van der Waals surface area contributed by atoms with Crippen molar-refractivity contribution in [2.24, 2.45) is 0 Å². The van der Waals surface area contributed by atoms with Crippen molar-refractivity contribution < 1.29 is 27.4 Å². The fraction of sp³-hybridized carbons (Fsp3) is 0.524. The minimum atomic E-state index is -0.939. The highest BCUT2D eigenvalue weighted by atomic mass is 19.1. The Morgan fingerprint density at radius 3 is 2.65 bits per heavy atom. The molecule has 4 saturated heterocycles. The lowest BCUT2D eigenvalue weighted by Crippen LogP contribution is -2.62. The molecule has 282 valence electrons. The smallest absolute Gasteiger partial charge is 0.410 e. The van der Waals surface area contributed by atoms with Crippen LogP contribution in [-0.2, 0) is 4.74 Å². The number of alkyl halides is 1. The van der Waals surface area contributed by atoms with Crippen molar-refractivity contribution in [2.45, 2.75) is 114 Å². The minimum absolute atomic E-state index is 0.00482. The maximum absolute atomic E-state index is 17.5. The van der Waals surface area contributed by atoms with Gasteiger partial charge in [-0.2, -0.15) is 9.97 Å². The van der Waals surface area contributed by atoms with Gasteiger partial charge in [-0.1, -0.05) is 37.1 Å². The number of piperazine rings is 1. The number of carbonyl (C=O) groups excluding carboxylic acids is 1. The van der Waals surface area contributed by atoms with Crippen LogP contribution in [0.5, 0.6) is 6.01 Å². The summed E-state index contributed by atoms with van der Waals surface area (Å²) in [6.45, 7) is 9.51. The molecule has 4 fully saturated rings. The summed E-state index contributed by atoms with van der Waals surface area (Å²) in [6, 6.07) is 7.88. The van der Waals surface area contributed by atoms with Crippen LogP contribution in [0.2, 0.25) is 0 Å². The lowest BCUT2D eigenvalue weighted by molar-refractivity contribution is 0.00692. The van der Waals surface area contributed by atoms with Crippen LogP contribution in [0.15, 0.2) is 30.3 Å². The standard InChI is InChI=1S/C42H45F3N6O3/c1-6-27-29(44)14-12-24-9-7-10-28(32(24)27)36-34(45)37-33-35(46-36)23(2)11-15-30-31-16-13-26(51(31)40(52)54-41(3,4)5)21-50(30)38(33)48-39(47-37)53-22-42-17-8-18-49(42)20-25(43)19-42/h1,7,9-10,12,14,23,25-26,30-31H,8,11,13,15-22H2,2-5H3/t23-,25+,26?,30+,31-,42-/m0/s1. The number of carbonyl (C=O) groups is 1. The third kappa shape index (κ3) is 5.56. The van der Waals surface area contributed by atoms with E-state index in [1.807, 2.05) is 31.7 Å². The van der Waals surface area contributed by atoms with Crippen molar-refractivity contribution in [3.8, 4) is 29.6 Å². The van der Waals surface area contributed by atoms with E-state index in [-0.39, 0.29) is 59.5 Å². The Morgan fingerprint density at radius 1 is 1.04 bits per heavy atom. The largest absolute Gasteiger partial charge is 0.461 e. The highest BCUT2D eigenvalue weighted by Gasteiger charge is 2.52. The SMILES string of the molecule is C#Cc1c(F)ccc2cccc(-c3nc4c5c(nc(OC[C@@]67CCCN6C[C@H](F)C7)nc5c3F)N3CC5CC[C@@H]([C@H]3CC[C@@H]4C)N5C(=O)OC(C)(C)C)c12. The predicted octanol–water partition coefficient (Wildman–Crippen LogP) is 7.91. The first kappa shape index (κ1) is 35.1. The zero-order valence-corrected chi connectivity index (χ0v) is 31.2. The normalized spacial score (nSPS) is 27.8. The Labute approximate surface area is 313 Å². The van der Waals surface area contributed by atoms with Crippen molar-refractivity contribution >= 4 is 33.6 Å². The molecular formula is C42H45F3N6O3. The average molecular weight is 739 g/mol. The third-order valence-electron chi connectivity index (χ3n) is 12.4. The molecule has 5 aliphatic heterocycles. The minimum Gasteiger partial charge on any atom is -0.461 e. The molecule has 7 heterocycles. The molecule has 6 atom stereocenters. The third-order valence-corrected chi connectivity index (χ3v) is 12.4. The van der Waals surface area contributed by atoms with Gasteiger partial charge in [0, 0.05) is 30.5 Å². The quantitative estimate of drug-likeness (QED) is 0.196. The number of fused-ring (bicyclic) bond motifs is 7. The van der Waals surface area contributed by atoms with Crippen LogP contribution in [0.25, 0.3) is 32.9 Å². The van der Waals surface area contributed by atoms with Crippen LogP contribution in [0.3, 0.4) is 0 Å². The van der Waals surface area contributed by atoms with E-state index in [9.17, 15) is 9.18 Å². The van der Waals surface area contributed by atoms with Gasteiger partial charge in [0.15, 0.2) is 5.82 Å². The molecule has 54 heavy (non-hydrogen) atoms. The number of ether oxygens (including phenoxy) is 2. The zero-order valence-electron chi connectivity index (χ0n) is 31.2. The molecule has 0 radical (unpaired) electrons. The summed E-state index contributed by atoms with van der Waals surface area (Å²) in [5, 5.41) is 1.56. The summed E-state index contributed by atoms with van der Waals surface area (Å²) in [5.41, 5.74) is 0.0134. The van der Waals surface area contributed by atoms with E-state index in [1.54, 1.807) is 18.2 Å². The number of halogens is 3. The average Bonchev–Trinajstić information content (AvgIpc) is 3.77. The van der Waals surface area contributed by atoms with E-state index in [0.717, 1.165) is 38.6 Å². The molecule has 2 aromatic carbocycles. The van der Waals surface area contributed by atoms with Gasteiger partial charge in [0.25, 0.3) is 0 Å². The molecule has 0 spiro atoms. The van der Waals surface area contributed by atoms with E-state index in [0.29, 0.717) is 59.2 Å². The van der Waals surface area contributed by atoms with Gasteiger partial charge in [0.05, 0.1) is 40.3 Å². The Bertz CT molecular complexity index is 2240. The van der Waals surface area contributed by atoms with Gasteiger partial charge in [0.2, 0.25) is 0 Å². The van der Waals surface area contributed by atoms with Crippen molar-refractivity contribution in [3.63, 3.8) is 0 Å². The van der Waals surface area contributed by atoms with Gasteiger partial charge >= 0.3 is 12.1 Å². The summed E-state index contributed by atoms with van der Waals surface area (Å²) in [5.74, 6) is 1.58. The summed E-state index contributed by atoms with van der Waals surface area (Å²) in [7, 11) is 0. The molecule has 4 aromatic rings. The van der Waals surface area contributed by atoms with Crippen LogP contribution in [0, 0.1) is 24.0 Å². The molecule has 9 rings (SSSR count). The molecule has 9 nitrogen and oxygen atoms in total. The highest BCUT2D eigenvalue weighted by molar-refractivity contribution is 6.03. The van der Waals surface area contributed by atoms with E-state index in [2.05, 4.69) is 22.6 Å². The van der Waals surface area contributed by atoms with Crippen LogP contribution >= 0.6 is 0 Å². The van der Waals surface area contributed by atoms with Crippen molar-refractivity contribution in [1.29, 1.82) is 0 Å². The number of hydrogen-bond donors (Lipinski definition) is 0. The molecule has 2 aromatic heterocycles. The summed E-state index contributed by atoms with van der Waals surface area (Å²) < 4.78 is 59.7. The Balaban J connectivity index is 1.22. The fourth-order valence-corrected chi connectivity index (χ4v) is 10.1. The van der Waals surface area contributed by atoms with Gasteiger partial charge < -0.3 is 14.4 Å². The molecule has 0 N–H and O–H groups in total. The van der Waals surface area contributed by atoms with E-state index < -0.39 is 28.9 Å². The number of benzene rings is 2. The second-order valence-electron chi connectivity index (χ2n) is 16.9. The lowest BCUT2D eigenvalue weighted by atomic mass is 9.88. The number of pyridine rings is 1. The van der Waals surface area contributed by atoms with Crippen LogP contribution in [-0.4, -0.2) is 92.5 Å². The molecule has 1 unspecified atom stereocenters. The number of anilines is 1. The van der Waals surface area contributed by atoms with Crippen molar-refractivity contribution in [1.82, 2.24) is 24.8 Å². The van der Waals surface area contributed by atoms with Crippen molar-refractivity contribution in [3.05, 3.63) is 53.2 Å². The van der Waals surface area contributed by atoms with Gasteiger partial charge in [-0.25, -0.2) is 22.9 Å². The molecule has 0 saturated carbocycles. The van der Waals surface area contributed by atoms with E-state index in [4.69, 9.17) is 30.8 Å². The second-order valence-corrected chi connectivity index (χ2v) is 16.9. The first-order valence-electron chi connectivity index (χ1n) is 19.2. The molecule has 2 bridgehead atoms. The number of amides is 1. The van der Waals surface area contributed by atoms with E-state index >= 15 is 8.78 Å². The monoisotopic (exact) mass is 738 g/mol. The predicted molar refractivity (Wildman–Crippen MR) is 200 cm³/mol. The highest BCUT2D eigenvalue weighted by Crippen LogP contribution is 2.47. The number of nitrogens with zero attached hydrogens (tertiary/aromatic N) is 6. The lowest BCUT2D eigenvalue weighted by Gasteiger charge is -2.48. The number of hydrogen-bond acceptors (Lipinski definition) is 8. The Kier molecular flexibility index (Phi) is 8.27. The first-order valence-corrected chi connectivity index (χ1v) is 19.2. The first-order chi connectivity index (χ1) is 25.9. The topological polar surface area (TPSA) is 83.9 Å². The Hall–Kier alpha value is -4.63. The second kappa shape index (κ2) is 12.7. The molecular weight excluding hydrogens is 693 g/mol. The maximum atomic E-state index is 17.5. The molecule has 0 aliphatic carbocycles. The van der Waals surface area contributed by atoms with Crippen LogP contribution in [0.1, 0.15) is 89.8 Å². The van der Waals surface area contributed by atoms with Gasteiger partial charge in [-0.3, -0.25) is 9.80 Å². The zero-order chi connectivity index (χ0) is 37.7. The number of terminal acetylenes is 1.